The Bertz CT molecular complexity index is 1380. The molecule has 8 heteroatoms. The van der Waals surface area contributed by atoms with E-state index in [2.05, 4.69) is 42.8 Å². The molecule has 4 aromatic rings. The van der Waals surface area contributed by atoms with E-state index in [9.17, 15) is 4.79 Å². The molecule has 0 aliphatic heterocycles. The zero-order chi connectivity index (χ0) is 21.4. The summed E-state index contributed by atoms with van der Waals surface area (Å²) in [6.07, 6.45) is 5.35. The van der Waals surface area contributed by atoms with Gasteiger partial charge >= 0.3 is 0 Å². The molecule has 0 saturated heterocycles. The molecule has 0 atom stereocenters. The van der Waals surface area contributed by atoms with Crippen LogP contribution in [0.3, 0.4) is 0 Å². The maximum atomic E-state index is 12.2. The van der Waals surface area contributed by atoms with Crippen molar-refractivity contribution in [2.24, 2.45) is 5.92 Å². The number of rotatable bonds is 4. The highest BCUT2D eigenvalue weighted by atomic mass is 16.2. The fraction of sp³-hybridized carbons (Fsp3) is 0.261. The molecule has 0 radical (unpaired) electrons. The van der Waals surface area contributed by atoms with E-state index in [0.717, 1.165) is 52.3 Å². The highest BCUT2D eigenvalue weighted by Crippen LogP contribution is 2.31. The van der Waals surface area contributed by atoms with Gasteiger partial charge in [0.2, 0.25) is 5.91 Å². The first-order valence-electron chi connectivity index (χ1n) is 10.3. The molecule has 5 rings (SSSR count). The number of hydrogen-bond acceptors (Lipinski definition) is 6. The third-order valence-electron chi connectivity index (χ3n) is 5.36. The van der Waals surface area contributed by atoms with Gasteiger partial charge in [0.05, 0.1) is 11.1 Å². The monoisotopic (exact) mass is 411 g/mol. The molecule has 3 aromatic heterocycles. The smallest absolute Gasteiger partial charge is 0.228 e. The number of aromatic nitrogens is 5. The standard InChI is InChI=1S/C23H21N7O/c1-3-30-20-10-14(5-9-19(20)28-29-30)4-6-16-12-26-22(24-2)18-13-25-21(11-17(16)18)27-23(31)15-7-8-15/h5,9-13,15H,3,7-8H2,1-2H3,(H,24,26)(H,25,27,31). The number of amides is 1. The minimum absolute atomic E-state index is 0.0248. The summed E-state index contributed by atoms with van der Waals surface area (Å²) in [5.41, 5.74) is 3.43. The normalized spacial score (nSPS) is 13.1. The number of carbonyl (C=O) groups is 1. The number of nitrogens with zero attached hydrogens (tertiary/aromatic N) is 5. The van der Waals surface area contributed by atoms with Crippen LogP contribution in [-0.2, 0) is 11.3 Å². The molecule has 8 nitrogen and oxygen atoms in total. The van der Waals surface area contributed by atoms with Gasteiger partial charge in [-0.2, -0.15) is 0 Å². The van der Waals surface area contributed by atoms with Gasteiger partial charge in [-0.1, -0.05) is 17.1 Å². The van der Waals surface area contributed by atoms with Gasteiger partial charge in [0.1, 0.15) is 17.2 Å². The van der Waals surface area contributed by atoms with Crippen LogP contribution in [0.15, 0.2) is 36.7 Å². The highest BCUT2D eigenvalue weighted by Gasteiger charge is 2.29. The van der Waals surface area contributed by atoms with E-state index in [1.807, 2.05) is 42.9 Å². The van der Waals surface area contributed by atoms with E-state index >= 15 is 0 Å². The molecule has 1 aliphatic carbocycles. The van der Waals surface area contributed by atoms with E-state index in [-0.39, 0.29) is 11.8 Å². The number of aryl methyl sites for hydroxylation is 1. The first-order valence-corrected chi connectivity index (χ1v) is 10.3. The third kappa shape index (κ3) is 3.66. The van der Waals surface area contributed by atoms with Crippen LogP contribution in [0.25, 0.3) is 21.8 Å². The summed E-state index contributed by atoms with van der Waals surface area (Å²) in [6.45, 7) is 2.77. The summed E-state index contributed by atoms with van der Waals surface area (Å²) in [6, 6.07) is 7.71. The zero-order valence-electron chi connectivity index (χ0n) is 17.3. The summed E-state index contributed by atoms with van der Waals surface area (Å²) >= 11 is 0. The van der Waals surface area contributed by atoms with E-state index in [1.165, 1.54) is 0 Å². The summed E-state index contributed by atoms with van der Waals surface area (Å²) in [5, 5.41) is 16.0. The minimum Gasteiger partial charge on any atom is -0.373 e. The molecule has 2 N–H and O–H groups in total. The van der Waals surface area contributed by atoms with Crippen molar-refractivity contribution >= 4 is 39.3 Å². The Hall–Kier alpha value is -3.99. The van der Waals surface area contributed by atoms with Crippen LogP contribution >= 0.6 is 0 Å². The number of hydrogen-bond donors (Lipinski definition) is 2. The zero-order valence-corrected chi connectivity index (χ0v) is 17.3. The van der Waals surface area contributed by atoms with E-state index in [1.54, 1.807) is 12.4 Å². The predicted molar refractivity (Wildman–Crippen MR) is 120 cm³/mol. The first-order chi connectivity index (χ1) is 15.2. The predicted octanol–water partition coefficient (Wildman–Crippen LogP) is 3.18. The number of nitrogens with one attached hydrogen (secondary N) is 2. The van der Waals surface area contributed by atoms with Crippen molar-refractivity contribution in [2.45, 2.75) is 26.3 Å². The molecule has 154 valence electrons. The molecule has 0 unspecified atom stereocenters. The average molecular weight is 411 g/mol. The van der Waals surface area contributed by atoms with Crippen molar-refractivity contribution in [1.29, 1.82) is 0 Å². The van der Waals surface area contributed by atoms with Crippen molar-refractivity contribution in [3.05, 3.63) is 47.8 Å². The lowest BCUT2D eigenvalue weighted by Gasteiger charge is -2.09. The average Bonchev–Trinajstić information content (AvgIpc) is 3.57. The Morgan fingerprint density at radius 3 is 2.81 bits per heavy atom. The van der Waals surface area contributed by atoms with Gasteiger partial charge < -0.3 is 10.6 Å². The Labute approximate surface area is 179 Å². The number of pyridine rings is 2. The van der Waals surface area contributed by atoms with Crippen LogP contribution in [0.4, 0.5) is 11.6 Å². The van der Waals surface area contributed by atoms with Gasteiger partial charge in [-0.3, -0.25) is 4.79 Å². The van der Waals surface area contributed by atoms with Crippen molar-refractivity contribution in [3.8, 4) is 11.8 Å². The Morgan fingerprint density at radius 2 is 2.03 bits per heavy atom. The quantitative estimate of drug-likeness (QED) is 0.501. The number of fused-ring (bicyclic) bond motifs is 2. The van der Waals surface area contributed by atoms with Crippen molar-refractivity contribution < 1.29 is 4.79 Å². The van der Waals surface area contributed by atoms with Crippen LogP contribution in [0.5, 0.6) is 0 Å². The molecule has 1 aromatic carbocycles. The molecule has 1 aliphatic rings. The molecule has 1 fully saturated rings. The van der Waals surface area contributed by atoms with Crippen LogP contribution in [0.1, 0.15) is 30.9 Å². The maximum absolute atomic E-state index is 12.2. The fourth-order valence-electron chi connectivity index (χ4n) is 3.49. The number of anilines is 2. The van der Waals surface area contributed by atoms with Gasteiger partial charge in [-0.05, 0) is 44.0 Å². The lowest BCUT2D eigenvalue weighted by Crippen LogP contribution is -2.14. The largest absolute Gasteiger partial charge is 0.373 e. The third-order valence-corrected chi connectivity index (χ3v) is 5.36. The molecule has 3 heterocycles. The maximum Gasteiger partial charge on any atom is 0.228 e. The molecule has 0 spiro atoms. The van der Waals surface area contributed by atoms with Crippen molar-refractivity contribution in [1.82, 2.24) is 25.0 Å². The molecular weight excluding hydrogens is 390 g/mol. The SMILES string of the molecule is CCn1nnc2ccc(C#Cc3cnc(NC)c4cnc(NC(=O)C5CC5)cc34)cc21. The van der Waals surface area contributed by atoms with Gasteiger partial charge in [-0.25, -0.2) is 14.6 Å². The number of benzene rings is 1. The molecule has 1 saturated carbocycles. The van der Waals surface area contributed by atoms with E-state index < -0.39 is 0 Å². The van der Waals surface area contributed by atoms with Gasteiger partial charge in [0, 0.05) is 48.2 Å². The van der Waals surface area contributed by atoms with E-state index in [0.29, 0.717) is 11.6 Å². The molecule has 31 heavy (non-hydrogen) atoms. The summed E-state index contributed by atoms with van der Waals surface area (Å²) in [4.78, 5) is 21.0. The van der Waals surface area contributed by atoms with Gasteiger partial charge in [-0.15, -0.1) is 5.10 Å². The summed E-state index contributed by atoms with van der Waals surface area (Å²) in [5.74, 6) is 7.84. The summed E-state index contributed by atoms with van der Waals surface area (Å²) < 4.78 is 1.85. The topological polar surface area (TPSA) is 97.6 Å². The van der Waals surface area contributed by atoms with Crippen LogP contribution in [-0.4, -0.2) is 37.9 Å². The second kappa shape index (κ2) is 7.69. The lowest BCUT2D eigenvalue weighted by atomic mass is 10.1. The Morgan fingerprint density at radius 1 is 1.16 bits per heavy atom. The lowest BCUT2D eigenvalue weighted by molar-refractivity contribution is -0.117. The van der Waals surface area contributed by atoms with Gasteiger partial charge in [0.15, 0.2) is 0 Å². The van der Waals surface area contributed by atoms with E-state index in [4.69, 9.17) is 0 Å². The molecule has 0 bridgehead atoms. The molecular formula is C23H21N7O. The van der Waals surface area contributed by atoms with Gasteiger partial charge in [0.25, 0.3) is 0 Å². The number of carbonyl (C=O) groups excluding carboxylic acids is 1. The van der Waals surface area contributed by atoms with Crippen LogP contribution < -0.4 is 10.6 Å². The van der Waals surface area contributed by atoms with Crippen LogP contribution in [0.2, 0.25) is 0 Å². The van der Waals surface area contributed by atoms with Crippen molar-refractivity contribution in [3.63, 3.8) is 0 Å². The Balaban J connectivity index is 1.55. The highest BCUT2D eigenvalue weighted by molar-refractivity contribution is 5.99. The second-order valence-electron chi connectivity index (χ2n) is 7.51. The Kier molecular flexibility index (Phi) is 4.71. The minimum atomic E-state index is 0.0248. The van der Waals surface area contributed by atoms with Crippen molar-refractivity contribution in [2.75, 3.05) is 17.7 Å². The molecule has 1 amide bonds. The second-order valence-corrected chi connectivity index (χ2v) is 7.51. The summed E-state index contributed by atoms with van der Waals surface area (Å²) in [7, 11) is 1.82. The fourth-order valence-corrected chi connectivity index (χ4v) is 3.49. The first kappa shape index (κ1) is 19.0. The van der Waals surface area contributed by atoms with Crippen LogP contribution in [0, 0.1) is 17.8 Å².